The summed E-state index contributed by atoms with van der Waals surface area (Å²) in [6.07, 6.45) is 3.53. The van der Waals surface area contributed by atoms with Crippen molar-refractivity contribution < 1.29 is 4.79 Å². The molecule has 4 N–H and O–H groups in total. The van der Waals surface area contributed by atoms with Gasteiger partial charge >= 0.3 is 0 Å². The predicted octanol–water partition coefficient (Wildman–Crippen LogP) is 2.54. The van der Waals surface area contributed by atoms with E-state index in [9.17, 15) is 4.79 Å². The lowest BCUT2D eigenvalue weighted by molar-refractivity contribution is -0.126. The average Bonchev–Trinajstić information content (AvgIpc) is 3.15. The van der Waals surface area contributed by atoms with Gasteiger partial charge in [-0.15, -0.1) is 12.4 Å². The number of nitrogens with zero attached hydrogens (tertiary/aromatic N) is 2. The van der Waals surface area contributed by atoms with E-state index in [1.807, 2.05) is 24.3 Å². The highest BCUT2D eigenvalue weighted by molar-refractivity contribution is 9.10. The van der Waals surface area contributed by atoms with E-state index in [1.54, 1.807) is 0 Å². The molecule has 1 heterocycles. The van der Waals surface area contributed by atoms with Gasteiger partial charge in [-0.3, -0.25) is 9.89 Å². The minimum absolute atomic E-state index is 0. The van der Waals surface area contributed by atoms with Gasteiger partial charge in [0.15, 0.2) is 5.82 Å². The molecular formula is C15H19BrClN5O. The Balaban J connectivity index is 0.00000192. The maximum Gasteiger partial charge on any atom is 0.240 e. The van der Waals surface area contributed by atoms with E-state index < -0.39 is 5.54 Å². The van der Waals surface area contributed by atoms with Gasteiger partial charge in [0.1, 0.15) is 5.82 Å². The van der Waals surface area contributed by atoms with E-state index in [0.29, 0.717) is 18.2 Å². The zero-order valence-corrected chi connectivity index (χ0v) is 14.9. The molecule has 0 bridgehead atoms. The molecule has 6 nitrogen and oxygen atoms in total. The van der Waals surface area contributed by atoms with Crippen molar-refractivity contribution in [2.75, 3.05) is 0 Å². The maximum absolute atomic E-state index is 12.2. The first-order chi connectivity index (χ1) is 10.6. The summed E-state index contributed by atoms with van der Waals surface area (Å²) < 4.78 is 1.00. The number of carbonyl (C=O) groups is 1. The number of benzene rings is 1. The standard InChI is InChI=1S/C15H18BrN5O.ClH/c16-11-5-3-10(4-6-11)13-19-12(20-21-13)9-18-14(22)15(17)7-1-2-8-15;/h3-6H,1-2,7-9,17H2,(H,18,22)(H,19,20,21);1H. The van der Waals surface area contributed by atoms with Crippen LogP contribution in [-0.4, -0.2) is 26.6 Å². The fraction of sp³-hybridized carbons (Fsp3) is 0.400. The lowest BCUT2D eigenvalue weighted by Gasteiger charge is -2.21. The van der Waals surface area contributed by atoms with E-state index in [4.69, 9.17) is 5.73 Å². The third-order valence-corrected chi connectivity index (χ3v) is 4.53. The number of carbonyl (C=O) groups excluding carboxylic acids is 1. The molecule has 2 aromatic rings. The van der Waals surface area contributed by atoms with Crippen LogP contribution in [0.4, 0.5) is 0 Å². The van der Waals surface area contributed by atoms with Gasteiger partial charge in [-0.25, -0.2) is 4.98 Å². The maximum atomic E-state index is 12.2. The Morgan fingerprint density at radius 1 is 1.30 bits per heavy atom. The molecule has 1 saturated carbocycles. The van der Waals surface area contributed by atoms with Crippen LogP contribution >= 0.6 is 28.3 Å². The van der Waals surface area contributed by atoms with Crippen molar-refractivity contribution >= 4 is 34.2 Å². The lowest BCUT2D eigenvalue weighted by atomic mass is 9.98. The minimum atomic E-state index is -0.714. The predicted molar refractivity (Wildman–Crippen MR) is 94.0 cm³/mol. The summed E-state index contributed by atoms with van der Waals surface area (Å²) in [5, 5.41) is 9.87. The minimum Gasteiger partial charge on any atom is -0.347 e. The molecule has 8 heteroatoms. The number of H-pyrrole nitrogens is 1. The normalized spacial score (nSPS) is 15.9. The Hall–Kier alpha value is -1.44. The number of nitrogens with one attached hydrogen (secondary N) is 2. The number of aromatic nitrogens is 3. The van der Waals surface area contributed by atoms with Gasteiger partial charge in [0.05, 0.1) is 12.1 Å². The van der Waals surface area contributed by atoms with Crippen LogP contribution in [0.25, 0.3) is 11.4 Å². The van der Waals surface area contributed by atoms with Crippen molar-refractivity contribution in [3.8, 4) is 11.4 Å². The fourth-order valence-electron chi connectivity index (χ4n) is 2.68. The number of aromatic amines is 1. The van der Waals surface area contributed by atoms with Crippen molar-refractivity contribution in [2.45, 2.75) is 37.8 Å². The summed E-state index contributed by atoms with van der Waals surface area (Å²) in [6, 6.07) is 7.74. The van der Waals surface area contributed by atoms with E-state index in [0.717, 1.165) is 35.7 Å². The molecule has 0 atom stereocenters. The lowest BCUT2D eigenvalue weighted by Crippen LogP contribution is -2.51. The zero-order chi connectivity index (χ0) is 15.6. The molecule has 1 amide bonds. The molecule has 1 aliphatic rings. The average molecular weight is 401 g/mol. The molecule has 3 rings (SSSR count). The van der Waals surface area contributed by atoms with E-state index in [2.05, 4.69) is 36.4 Å². The van der Waals surface area contributed by atoms with Crippen molar-refractivity contribution in [3.05, 3.63) is 34.6 Å². The molecule has 1 aromatic heterocycles. The Kier molecular flexibility index (Phi) is 5.78. The van der Waals surface area contributed by atoms with Gasteiger partial charge in [-0.1, -0.05) is 40.9 Å². The highest BCUT2D eigenvalue weighted by Gasteiger charge is 2.36. The monoisotopic (exact) mass is 399 g/mol. The molecule has 1 aliphatic carbocycles. The second kappa shape index (κ2) is 7.42. The number of rotatable bonds is 4. The summed E-state index contributed by atoms with van der Waals surface area (Å²) in [5.74, 6) is 1.12. The van der Waals surface area contributed by atoms with Crippen LogP contribution in [0.1, 0.15) is 31.5 Å². The number of amides is 1. The number of hydrogen-bond donors (Lipinski definition) is 3. The van der Waals surface area contributed by atoms with E-state index in [-0.39, 0.29) is 18.3 Å². The Bertz CT molecular complexity index is 667. The third kappa shape index (κ3) is 4.10. The fourth-order valence-corrected chi connectivity index (χ4v) is 2.94. The SMILES string of the molecule is Cl.NC1(C(=O)NCc2nc(-c3ccc(Br)cc3)n[nH]2)CCCC1. The molecule has 1 aromatic carbocycles. The smallest absolute Gasteiger partial charge is 0.240 e. The Morgan fingerprint density at radius 2 is 1.96 bits per heavy atom. The van der Waals surface area contributed by atoms with E-state index >= 15 is 0 Å². The second-order valence-electron chi connectivity index (χ2n) is 5.66. The van der Waals surface area contributed by atoms with Crippen molar-refractivity contribution in [3.63, 3.8) is 0 Å². The first-order valence-electron chi connectivity index (χ1n) is 7.31. The van der Waals surface area contributed by atoms with Gasteiger partial charge < -0.3 is 11.1 Å². The molecule has 124 valence electrons. The molecule has 0 saturated heterocycles. The Morgan fingerprint density at radius 3 is 2.61 bits per heavy atom. The number of nitrogens with two attached hydrogens (primary N) is 1. The van der Waals surface area contributed by atoms with Crippen LogP contribution in [0.3, 0.4) is 0 Å². The molecule has 1 fully saturated rings. The quantitative estimate of drug-likeness (QED) is 0.735. The van der Waals surface area contributed by atoms with Gasteiger partial charge in [0.2, 0.25) is 5.91 Å². The van der Waals surface area contributed by atoms with Crippen LogP contribution in [0.2, 0.25) is 0 Å². The van der Waals surface area contributed by atoms with Crippen LogP contribution in [0, 0.1) is 0 Å². The summed E-state index contributed by atoms with van der Waals surface area (Å²) in [6.45, 7) is 0.307. The van der Waals surface area contributed by atoms with Crippen LogP contribution in [-0.2, 0) is 11.3 Å². The molecule has 0 radical (unpaired) electrons. The molecular weight excluding hydrogens is 382 g/mol. The van der Waals surface area contributed by atoms with Gasteiger partial charge in [0.25, 0.3) is 0 Å². The summed E-state index contributed by atoms with van der Waals surface area (Å²) in [5.41, 5.74) is 6.32. The highest BCUT2D eigenvalue weighted by atomic mass is 79.9. The van der Waals surface area contributed by atoms with Crippen molar-refractivity contribution in [1.82, 2.24) is 20.5 Å². The summed E-state index contributed by atoms with van der Waals surface area (Å²) in [7, 11) is 0. The summed E-state index contributed by atoms with van der Waals surface area (Å²) >= 11 is 3.39. The van der Waals surface area contributed by atoms with Gasteiger partial charge in [-0.05, 0) is 25.0 Å². The summed E-state index contributed by atoms with van der Waals surface area (Å²) in [4.78, 5) is 16.5. The number of halogens is 2. The second-order valence-corrected chi connectivity index (χ2v) is 6.57. The largest absolute Gasteiger partial charge is 0.347 e. The van der Waals surface area contributed by atoms with Crippen LogP contribution in [0.5, 0.6) is 0 Å². The van der Waals surface area contributed by atoms with Gasteiger partial charge in [0, 0.05) is 10.0 Å². The zero-order valence-electron chi connectivity index (χ0n) is 12.5. The molecule has 0 spiro atoms. The highest BCUT2D eigenvalue weighted by Crippen LogP contribution is 2.27. The third-order valence-electron chi connectivity index (χ3n) is 4.00. The van der Waals surface area contributed by atoms with Crippen molar-refractivity contribution in [1.29, 1.82) is 0 Å². The van der Waals surface area contributed by atoms with E-state index in [1.165, 1.54) is 0 Å². The first-order valence-corrected chi connectivity index (χ1v) is 8.10. The van der Waals surface area contributed by atoms with Crippen LogP contribution < -0.4 is 11.1 Å². The molecule has 23 heavy (non-hydrogen) atoms. The van der Waals surface area contributed by atoms with Gasteiger partial charge in [-0.2, -0.15) is 5.10 Å². The Labute approximate surface area is 149 Å². The molecule has 0 aliphatic heterocycles. The number of hydrogen-bond acceptors (Lipinski definition) is 4. The molecule has 0 unspecified atom stereocenters. The first kappa shape index (κ1) is 17.9. The van der Waals surface area contributed by atoms with Crippen LogP contribution in [0.15, 0.2) is 28.7 Å². The van der Waals surface area contributed by atoms with Crippen molar-refractivity contribution in [2.24, 2.45) is 5.73 Å². The topological polar surface area (TPSA) is 96.7 Å².